The normalized spacial score (nSPS) is 14.0. The van der Waals surface area contributed by atoms with Crippen LogP contribution in [0.3, 0.4) is 0 Å². The Hall–Kier alpha value is -4.38. The molecule has 0 aliphatic carbocycles. The minimum atomic E-state index is -0.522. The first kappa shape index (κ1) is 29.6. The van der Waals surface area contributed by atoms with E-state index in [-0.39, 0.29) is 30.1 Å². The summed E-state index contributed by atoms with van der Waals surface area (Å²) < 4.78 is 11.3. The summed E-state index contributed by atoms with van der Waals surface area (Å²) in [4.78, 5) is 28.4. The van der Waals surface area contributed by atoms with Crippen LogP contribution < -0.4 is 15.8 Å². The van der Waals surface area contributed by atoms with Crippen LogP contribution in [-0.2, 0) is 22.5 Å². The molecule has 2 aromatic carbocycles. The van der Waals surface area contributed by atoms with Crippen LogP contribution in [0.1, 0.15) is 31.9 Å². The molecule has 1 aliphatic heterocycles. The largest absolute Gasteiger partial charge is 0.507 e. The number of aromatic hydroxyl groups is 1. The number of phenolic OH excluding ortho intramolecular Hbond substituents is 1. The highest BCUT2D eigenvalue weighted by Crippen LogP contribution is 2.30. The highest BCUT2D eigenvalue weighted by atomic mass is 16.6. The molecule has 4 N–H and O–H groups in total. The Morgan fingerprint density at radius 1 is 1.00 bits per heavy atom. The molecule has 0 spiro atoms. The Morgan fingerprint density at radius 3 is 2.37 bits per heavy atom. The van der Waals surface area contributed by atoms with Gasteiger partial charge in [0.05, 0.1) is 13.2 Å². The third kappa shape index (κ3) is 8.81. The monoisotopic (exact) mass is 562 g/mol. The topological polar surface area (TPSA) is 143 Å². The van der Waals surface area contributed by atoms with Gasteiger partial charge in [0.15, 0.2) is 11.6 Å². The Labute approximate surface area is 240 Å². The van der Waals surface area contributed by atoms with Crippen molar-refractivity contribution in [2.75, 3.05) is 45.1 Å². The van der Waals surface area contributed by atoms with Gasteiger partial charge < -0.3 is 30.5 Å². The number of nitrogens with two attached hydrogens (primary N) is 1. The standard InChI is InChI=1S/C30H38N6O5/c1-30(2,3)41-29(39)36-15-13-35(14-16-36)20-27(38)32-19-22-10-8-21(9-11-22)12-17-40-26-18-24(33-34-28(26)31)23-6-4-5-7-25(23)37/h4-11,18,37H,12-17,19-20H2,1-3H3,(H2,31,34)(H,32,38). The number of anilines is 1. The number of carbonyl (C=O) groups is 2. The molecule has 1 fully saturated rings. The second kappa shape index (κ2) is 13.3. The number of ether oxygens (including phenoxy) is 2. The molecule has 1 saturated heterocycles. The number of piperazine rings is 1. The Kier molecular flexibility index (Phi) is 9.61. The van der Waals surface area contributed by atoms with E-state index in [4.69, 9.17) is 15.2 Å². The second-order valence-electron chi connectivity index (χ2n) is 10.9. The third-order valence-electron chi connectivity index (χ3n) is 6.52. The fourth-order valence-corrected chi connectivity index (χ4v) is 4.30. The fourth-order valence-electron chi connectivity index (χ4n) is 4.30. The van der Waals surface area contributed by atoms with Crippen molar-refractivity contribution >= 4 is 17.8 Å². The number of nitrogen functional groups attached to an aromatic ring is 1. The van der Waals surface area contributed by atoms with Gasteiger partial charge in [-0.15, -0.1) is 10.2 Å². The van der Waals surface area contributed by atoms with E-state index in [0.29, 0.717) is 62.8 Å². The zero-order chi connectivity index (χ0) is 29.4. The van der Waals surface area contributed by atoms with E-state index < -0.39 is 5.60 Å². The third-order valence-corrected chi connectivity index (χ3v) is 6.52. The van der Waals surface area contributed by atoms with Crippen molar-refractivity contribution in [2.45, 2.75) is 39.3 Å². The van der Waals surface area contributed by atoms with Crippen LogP contribution in [0.4, 0.5) is 10.6 Å². The summed E-state index contributed by atoms with van der Waals surface area (Å²) in [5.41, 5.74) is 8.51. The maximum absolute atomic E-state index is 12.5. The minimum absolute atomic E-state index is 0.0556. The molecule has 2 amide bonds. The van der Waals surface area contributed by atoms with Crippen LogP contribution >= 0.6 is 0 Å². The lowest BCUT2D eigenvalue weighted by atomic mass is 10.1. The maximum Gasteiger partial charge on any atom is 0.410 e. The molecule has 1 aliphatic rings. The lowest BCUT2D eigenvalue weighted by Crippen LogP contribution is -2.52. The number of aromatic nitrogens is 2. The minimum Gasteiger partial charge on any atom is -0.507 e. The van der Waals surface area contributed by atoms with Gasteiger partial charge in [0.25, 0.3) is 0 Å². The molecule has 11 heteroatoms. The van der Waals surface area contributed by atoms with Gasteiger partial charge in [0.2, 0.25) is 5.91 Å². The van der Waals surface area contributed by atoms with Crippen LogP contribution in [0.5, 0.6) is 11.5 Å². The van der Waals surface area contributed by atoms with Gasteiger partial charge in [-0.2, -0.15) is 0 Å². The van der Waals surface area contributed by atoms with Crippen LogP contribution in [0.2, 0.25) is 0 Å². The van der Waals surface area contributed by atoms with E-state index in [1.165, 1.54) is 0 Å². The van der Waals surface area contributed by atoms with Gasteiger partial charge in [-0.25, -0.2) is 4.79 Å². The van der Waals surface area contributed by atoms with Crippen molar-refractivity contribution < 1.29 is 24.2 Å². The predicted molar refractivity (Wildman–Crippen MR) is 155 cm³/mol. The molecule has 1 aromatic heterocycles. The fraction of sp³-hybridized carbons (Fsp3) is 0.400. The van der Waals surface area contributed by atoms with E-state index >= 15 is 0 Å². The van der Waals surface area contributed by atoms with E-state index in [1.54, 1.807) is 35.2 Å². The number of nitrogens with one attached hydrogen (secondary N) is 1. The highest BCUT2D eigenvalue weighted by Gasteiger charge is 2.26. The summed E-state index contributed by atoms with van der Waals surface area (Å²) in [6.45, 7) is 8.97. The summed E-state index contributed by atoms with van der Waals surface area (Å²) in [5.74, 6) is 0.635. The van der Waals surface area contributed by atoms with Crippen molar-refractivity contribution in [1.29, 1.82) is 0 Å². The van der Waals surface area contributed by atoms with Crippen LogP contribution in [-0.4, -0.2) is 82.0 Å². The molecule has 4 rings (SSSR count). The number of hydrogen-bond acceptors (Lipinski definition) is 9. The number of carbonyl (C=O) groups excluding carboxylic acids is 2. The summed E-state index contributed by atoms with van der Waals surface area (Å²) in [6.07, 6.45) is 0.337. The van der Waals surface area contributed by atoms with Crippen molar-refractivity contribution in [3.8, 4) is 22.8 Å². The first-order chi connectivity index (χ1) is 19.6. The lowest BCUT2D eigenvalue weighted by Gasteiger charge is -2.35. The van der Waals surface area contributed by atoms with Crippen molar-refractivity contribution in [1.82, 2.24) is 25.3 Å². The molecule has 2 heterocycles. The highest BCUT2D eigenvalue weighted by molar-refractivity contribution is 5.78. The first-order valence-electron chi connectivity index (χ1n) is 13.7. The van der Waals surface area contributed by atoms with E-state index in [0.717, 1.165) is 11.1 Å². The van der Waals surface area contributed by atoms with Crippen molar-refractivity contribution in [2.24, 2.45) is 0 Å². The molecule has 11 nitrogen and oxygen atoms in total. The van der Waals surface area contributed by atoms with Crippen molar-refractivity contribution in [3.63, 3.8) is 0 Å². The molecule has 0 atom stereocenters. The number of benzene rings is 2. The molecular weight excluding hydrogens is 524 g/mol. The second-order valence-corrected chi connectivity index (χ2v) is 10.9. The molecule has 0 bridgehead atoms. The predicted octanol–water partition coefficient (Wildman–Crippen LogP) is 3.22. The van der Waals surface area contributed by atoms with Crippen molar-refractivity contribution in [3.05, 3.63) is 65.7 Å². The van der Waals surface area contributed by atoms with E-state index in [1.807, 2.05) is 49.9 Å². The zero-order valence-electron chi connectivity index (χ0n) is 23.8. The summed E-state index contributed by atoms with van der Waals surface area (Å²) in [7, 11) is 0. The molecule has 0 saturated carbocycles. The first-order valence-corrected chi connectivity index (χ1v) is 13.7. The molecule has 218 valence electrons. The van der Waals surface area contributed by atoms with E-state index in [2.05, 4.69) is 15.5 Å². The van der Waals surface area contributed by atoms with Gasteiger partial charge in [0, 0.05) is 50.8 Å². The summed E-state index contributed by atoms with van der Waals surface area (Å²) in [6, 6.07) is 16.5. The van der Waals surface area contributed by atoms with Gasteiger partial charge in [-0.05, 0) is 44.0 Å². The molecule has 41 heavy (non-hydrogen) atoms. The van der Waals surface area contributed by atoms with E-state index in [9.17, 15) is 14.7 Å². The quantitative estimate of drug-likeness (QED) is 0.358. The number of rotatable bonds is 9. The van der Waals surface area contributed by atoms with Crippen LogP contribution in [0.15, 0.2) is 54.6 Å². The van der Waals surface area contributed by atoms with Gasteiger partial charge in [0.1, 0.15) is 17.0 Å². The summed E-state index contributed by atoms with van der Waals surface area (Å²) in [5, 5.41) is 21.1. The number of phenols is 1. The SMILES string of the molecule is CC(C)(C)OC(=O)N1CCN(CC(=O)NCc2ccc(CCOc3cc(-c4ccccc4O)nnc3N)cc2)CC1. The number of hydrogen-bond donors (Lipinski definition) is 3. The molecular formula is C30H38N6O5. The number of para-hydroxylation sites is 1. The Bertz CT molecular complexity index is 1330. The van der Waals surface area contributed by atoms with Gasteiger partial charge >= 0.3 is 6.09 Å². The average molecular weight is 563 g/mol. The van der Waals surface area contributed by atoms with Gasteiger partial charge in [-0.1, -0.05) is 36.4 Å². The Balaban J connectivity index is 1.18. The average Bonchev–Trinajstić information content (AvgIpc) is 2.93. The zero-order valence-corrected chi connectivity index (χ0v) is 23.8. The molecule has 0 unspecified atom stereocenters. The number of amides is 2. The smallest absolute Gasteiger partial charge is 0.410 e. The van der Waals surface area contributed by atoms with Crippen LogP contribution in [0, 0.1) is 0 Å². The number of nitrogens with zero attached hydrogens (tertiary/aromatic N) is 4. The lowest BCUT2D eigenvalue weighted by molar-refractivity contribution is -0.122. The maximum atomic E-state index is 12.5. The Morgan fingerprint density at radius 2 is 1.68 bits per heavy atom. The molecule has 0 radical (unpaired) electrons. The summed E-state index contributed by atoms with van der Waals surface area (Å²) >= 11 is 0. The van der Waals surface area contributed by atoms with Crippen LogP contribution in [0.25, 0.3) is 11.3 Å². The molecule has 3 aromatic rings. The van der Waals surface area contributed by atoms with Gasteiger partial charge in [-0.3, -0.25) is 9.69 Å².